The zero-order valence-corrected chi connectivity index (χ0v) is 18.0. The molecule has 0 aliphatic rings. The molecule has 6 heteroatoms. The van der Waals surface area contributed by atoms with Crippen molar-refractivity contribution in [2.45, 2.75) is 33.1 Å². The van der Waals surface area contributed by atoms with Gasteiger partial charge in [-0.15, -0.1) is 0 Å². The first kappa shape index (κ1) is 21.9. The molecule has 0 aliphatic heterocycles. The second-order valence-electron chi connectivity index (χ2n) is 8.17. The minimum atomic E-state index is -0.416. The number of benzene rings is 2. The van der Waals surface area contributed by atoms with Crippen molar-refractivity contribution >= 4 is 18.1 Å². The molecule has 158 valence electrons. The fraction of sp³-hybridized carbons (Fsp3) is 0.200. The normalized spacial score (nSPS) is 11.4. The summed E-state index contributed by atoms with van der Waals surface area (Å²) in [5.74, 6) is -0.329. The summed E-state index contributed by atoms with van der Waals surface area (Å²) in [4.78, 5) is 28.5. The van der Waals surface area contributed by atoms with Crippen molar-refractivity contribution in [3.8, 4) is 5.75 Å². The molecule has 0 bridgehead atoms. The van der Waals surface area contributed by atoms with Crippen molar-refractivity contribution in [1.82, 2.24) is 10.4 Å². The Bertz CT molecular complexity index is 1080. The molecule has 0 unspecified atom stereocenters. The van der Waals surface area contributed by atoms with Crippen LogP contribution in [0.5, 0.6) is 5.75 Å². The number of hydrazone groups is 1. The van der Waals surface area contributed by atoms with Gasteiger partial charge in [-0.05, 0) is 72.0 Å². The Labute approximate surface area is 182 Å². The fourth-order valence-electron chi connectivity index (χ4n) is 2.73. The highest BCUT2D eigenvalue weighted by Gasteiger charge is 2.15. The maximum atomic E-state index is 12.4. The topological polar surface area (TPSA) is 80.6 Å². The fourth-order valence-corrected chi connectivity index (χ4v) is 2.73. The molecule has 1 N–H and O–H groups in total. The minimum absolute atomic E-state index is 0.0241. The molecule has 1 amide bonds. The molecular formula is C25H25N3O3. The lowest BCUT2D eigenvalue weighted by Crippen LogP contribution is -2.17. The van der Waals surface area contributed by atoms with Gasteiger partial charge >= 0.3 is 5.97 Å². The van der Waals surface area contributed by atoms with Gasteiger partial charge in [0.2, 0.25) is 0 Å². The van der Waals surface area contributed by atoms with Crippen LogP contribution in [0.15, 0.2) is 72.0 Å². The van der Waals surface area contributed by atoms with E-state index in [-0.39, 0.29) is 11.3 Å². The van der Waals surface area contributed by atoms with Crippen LogP contribution in [0.1, 0.15) is 58.3 Å². The van der Waals surface area contributed by atoms with Crippen LogP contribution in [0, 0.1) is 6.92 Å². The van der Waals surface area contributed by atoms with Gasteiger partial charge in [-0.1, -0.05) is 32.9 Å². The van der Waals surface area contributed by atoms with E-state index in [0.717, 1.165) is 16.8 Å². The molecule has 1 aromatic heterocycles. The van der Waals surface area contributed by atoms with Crippen molar-refractivity contribution in [2.24, 2.45) is 5.10 Å². The van der Waals surface area contributed by atoms with E-state index in [1.54, 1.807) is 48.5 Å². The summed E-state index contributed by atoms with van der Waals surface area (Å²) >= 11 is 0. The number of aryl methyl sites for hydroxylation is 1. The van der Waals surface area contributed by atoms with E-state index >= 15 is 0 Å². The van der Waals surface area contributed by atoms with E-state index in [1.165, 1.54) is 12.4 Å². The number of esters is 1. The van der Waals surface area contributed by atoms with Gasteiger partial charge in [0.05, 0.1) is 17.3 Å². The molecular weight excluding hydrogens is 390 g/mol. The summed E-state index contributed by atoms with van der Waals surface area (Å²) in [6.07, 6.45) is 3.01. The summed E-state index contributed by atoms with van der Waals surface area (Å²) in [5, 5.41) is 3.95. The third kappa shape index (κ3) is 6.09. The number of hydrogen-bond donors (Lipinski definition) is 1. The predicted molar refractivity (Wildman–Crippen MR) is 121 cm³/mol. The van der Waals surface area contributed by atoms with E-state index < -0.39 is 5.97 Å². The average molecular weight is 415 g/mol. The Balaban J connectivity index is 1.56. The first-order valence-electron chi connectivity index (χ1n) is 9.91. The molecule has 2 aromatic carbocycles. The first-order chi connectivity index (χ1) is 14.7. The number of pyridine rings is 1. The molecule has 0 atom stereocenters. The van der Waals surface area contributed by atoms with Crippen molar-refractivity contribution < 1.29 is 14.3 Å². The quantitative estimate of drug-likeness (QED) is 0.284. The molecule has 1 heterocycles. The van der Waals surface area contributed by atoms with Crippen LogP contribution < -0.4 is 10.2 Å². The third-order valence-electron chi connectivity index (χ3n) is 4.63. The van der Waals surface area contributed by atoms with Crippen LogP contribution in [0.25, 0.3) is 0 Å². The maximum absolute atomic E-state index is 12.4. The number of rotatable bonds is 5. The van der Waals surface area contributed by atoms with Crippen LogP contribution in [-0.4, -0.2) is 23.1 Å². The number of ether oxygens (including phenoxy) is 1. The Morgan fingerprint density at radius 2 is 1.58 bits per heavy atom. The molecule has 0 fully saturated rings. The number of carbonyl (C=O) groups is 2. The van der Waals surface area contributed by atoms with Crippen molar-refractivity contribution in [3.63, 3.8) is 0 Å². The number of aromatic nitrogens is 1. The largest absolute Gasteiger partial charge is 0.423 e. The van der Waals surface area contributed by atoms with Gasteiger partial charge in [-0.3, -0.25) is 9.78 Å². The van der Waals surface area contributed by atoms with E-state index in [0.29, 0.717) is 16.9 Å². The van der Waals surface area contributed by atoms with Crippen molar-refractivity contribution in [3.05, 3.63) is 94.8 Å². The molecule has 3 rings (SSSR count). The predicted octanol–water partition coefficient (Wildman–Crippen LogP) is 4.67. The Morgan fingerprint density at radius 1 is 0.935 bits per heavy atom. The molecule has 31 heavy (non-hydrogen) atoms. The number of hydrogen-bond acceptors (Lipinski definition) is 5. The summed E-state index contributed by atoms with van der Waals surface area (Å²) in [5.41, 5.74) is 6.14. The van der Waals surface area contributed by atoms with Gasteiger partial charge in [0.25, 0.3) is 5.91 Å². The van der Waals surface area contributed by atoms with Gasteiger partial charge in [0.1, 0.15) is 5.75 Å². The van der Waals surface area contributed by atoms with Gasteiger partial charge in [-0.2, -0.15) is 5.10 Å². The van der Waals surface area contributed by atoms with Crippen LogP contribution in [0.3, 0.4) is 0 Å². The van der Waals surface area contributed by atoms with E-state index in [1.807, 2.05) is 19.1 Å². The smallest absolute Gasteiger partial charge is 0.343 e. The van der Waals surface area contributed by atoms with Gasteiger partial charge in [-0.25, -0.2) is 10.2 Å². The van der Waals surface area contributed by atoms with Crippen LogP contribution in [0.2, 0.25) is 0 Å². The van der Waals surface area contributed by atoms with E-state index in [2.05, 4.69) is 36.3 Å². The number of carbonyl (C=O) groups excluding carboxylic acids is 2. The third-order valence-corrected chi connectivity index (χ3v) is 4.63. The second kappa shape index (κ2) is 9.34. The zero-order chi connectivity index (χ0) is 22.4. The molecule has 0 saturated heterocycles. The summed E-state index contributed by atoms with van der Waals surface area (Å²) in [7, 11) is 0. The van der Waals surface area contributed by atoms with Crippen molar-refractivity contribution in [2.75, 3.05) is 0 Å². The lowest BCUT2D eigenvalue weighted by atomic mass is 9.87. The lowest BCUT2D eigenvalue weighted by molar-refractivity contribution is 0.0734. The summed E-state index contributed by atoms with van der Waals surface area (Å²) in [6, 6.07) is 17.7. The SMILES string of the molecule is Cc1ccc(C(=O)N/N=C\c2ccc(OC(=O)c3ccc(C(C)(C)C)cc3)cc2)cn1. The molecule has 3 aromatic rings. The molecule has 0 spiro atoms. The van der Waals surface area contributed by atoms with Crippen LogP contribution in [-0.2, 0) is 5.41 Å². The first-order valence-corrected chi connectivity index (χ1v) is 9.91. The van der Waals surface area contributed by atoms with Gasteiger partial charge < -0.3 is 4.74 Å². The molecule has 0 aliphatic carbocycles. The lowest BCUT2D eigenvalue weighted by Gasteiger charge is -2.18. The Kier molecular flexibility index (Phi) is 6.60. The second-order valence-corrected chi connectivity index (χ2v) is 8.17. The maximum Gasteiger partial charge on any atom is 0.343 e. The highest BCUT2D eigenvalue weighted by molar-refractivity contribution is 5.94. The zero-order valence-electron chi connectivity index (χ0n) is 18.0. The van der Waals surface area contributed by atoms with Gasteiger partial charge in [0.15, 0.2) is 0 Å². The highest BCUT2D eigenvalue weighted by Crippen LogP contribution is 2.22. The van der Waals surface area contributed by atoms with E-state index in [9.17, 15) is 9.59 Å². The number of nitrogens with one attached hydrogen (secondary N) is 1. The minimum Gasteiger partial charge on any atom is -0.423 e. The monoisotopic (exact) mass is 415 g/mol. The highest BCUT2D eigenvalue weighted by atomic mass is 16.5. The summed E-state index contributed by atoms with van der Waals surface area (Å²) in [6.45, 7) is 8.21. The number of nitrogens with zero attached hydrogens (tertiary/aromatic N) is 2. The molecule has 6 nitrogen and oxygen atoms in total. The van der Waals surface area contributed by atoms with Gasteiger partial charge in [0, 0.05) is 11.9 Å². The molecule has 0 radical (unpaired) electrons. The standard InChI is InChI=1S/C25H25N3O3/c1-17-5-8-20(16-26-17)23(29)28-27-15-18-6-13-22(14-7-18)31-24(30)19-9-11-21(12-10-19)25(2,3)4/h5-16H,1-4H3,(H,28,29)/b27-15-. The van der Waals surface area contributed by atoms with Crippen LogP contribution in [0.4, 0.5) is 0 Å². The van der Waals surface area contributed by atoms with Crippen molar-refractivity contribution in [1.29, 1.82) is 0 Å². The summed E-state index contributed by atoms with van der Waals surface area (Å²) < 4.78 is 5.43. The van der Waals surface area contributed by atoms with Crippen LogP contribution >= 0.6 is 0 Å². The molecule has 0 saturated carbocycles. The van der Waals surface area contributed by atoms with E-state index in [4.69, 9.17) is 4.74 Å². The average Bonchev–Trinajstić information content (AvgIpc) is 2.75. The Hall–Kier alpha value is -3.80. The number of amides is 1. The Morgan fingerprint density at radius 3 is 2.16 bits per heavy atom.